The molecular weight excluding hydrogens is 338 g/mol. The highest BCUT2D eigenvalue weighted by molar-refractivity contribution is 5.64. The summed E-state index contributed by atoms with van der Waals surface area (Å²) in [6, 6.07) is 0. The fourth-order valence-electron chi connectivity index (χ4n) is 3.80. The maximum absolute atomic E-state index is 10.5. The quantitative estimate of drug-likeness (QED) is 0.249. The van der Waals surface area contributed by atoms with Gasteiger partial charge in [-0.05, 0) is 12.8 Å². The monoisotopic (exact) mass is 385 g/mol. The van der Waals surface area contributed by atoms with Crippen molar-refractivity contribution >= 4 is 5.97 Å². The van der Waals surface area contributed by atoms with E-state index < -0.39 is 5.97 Å². The lowest BCUT2D eigenvalue weighted by Gasteiger charge is -2.32. The van der Waals surface area contributed by atoms with Crippen molar-refractivity contribution in [2.75, 3.05) is 27.2 Å². The van der Waals surface area contributed by atoms with Crippen molar-refractivity contribution in [3.05, 3.63) is 0 Å². The Morgan fingerprint density at radius 2 is 1.26 bits per heavy atom. The highest BCUT2D eigenvalue weighted by Gasteiger charge is 2.19. The summed E-state index contributed by atoms with van der Waals surface area (Å²) in [4.78, 5) is 10.5. The van der Waals surface area contributed by atoms with Crippen LogP contribution in [0.15, 0.2) is 0 Å². The molecule has 0 amide bonds. The number of aliphatic carboxylic acids is 1. The molecule has 1 atom stereocenters. The first-order valence-electron chi connectivity index (χ1n) is 11.6. The third kappa shape index (κ3) is 19.9. The van der Waals surface area contributed by atoms with E-state index in [4.69, 9.17) is 0 Å². The van der Waals surface area contributed by atoms with Crippen LogP contribution in [0.3, 0.4) is 0 Å². The molecule has 0 aromatic carbocycles. The van der Waals surface area contributed by atoms with Gasteiger partial charge in [0, 0.05) is 12.4 Å². The lowest BCUT2D eigenvalue weighted by Crippen LogP contribution is -2.46. The second-order valence-electron chi connectivity index (χ2n) is 9.00. The number of aliphatic hydroxyl groups excluding tert-OH is 1. The molecule has 0 aliphatic heterocycles. The van der Waals surface area contributed by atoms with Crippen molar-refractivity contribution in [3.8, 4) is 0 Å². The third-order valence-electron chi connectivity index (χ3n) is 5.49. The molecule has 0 aliphatic carbocycles. The average Bonchev–Trinajstić information content (AvgIpc) is 2.58. The molecule has 0 rings (SSSR count). The summed E-state index contributed by atoms with van der Waals surface area (Å²) in [6.45, 7) is 3.74. The summed E-state index contributed by atoms with van der Waals surface area (Å²) in [5.74, 6) is -0.984. The van der Waals surface area contributed by atoms with Crippen LogP contribution < -0.4 is 5.11 Å². The van der Waals surface area contributed by atoms with Crippen molar-refractivity contribution in [2.24, 2.45) is 0 Å². The number of aliphatic hydroxyl groups is 1. The van der Waals surface area contributed by atoms with Crippen molar-refractivity contribution < 1.29 is 19.5 Å². The molecule has 0 heterocycles. The van der Waals surface area contributed by atoms with Gasteiger partial charge in [-0.3, -0.25) is 0 Å². The Kier molecular flexibility index (Phi) is 17.1. The number of unbranched alkanes of at least 4 members (excludes halogenated alkanes) is 12. The number of carbonyl (C=O) groups is 1. The van der Waals surface area contributed by atoms with Gasteiger partial charge in [-0.2, -0.15) is 0 Å². The zero-order valence-corrected chi connectivity index (χ0v) is 18.5. The van der Waals surface area contributed by atoms with Crippen molar-refractivity contribution in [1.82, 2.24) is 0 Å². The van der Waals surface area contributed by atoms with Gasteiger partial charge in [-0.25, -0.2) is 0 Å². The molecule has 0 aliphatic rings. The van der Waals surface area contributed by atoms with E-state index in [1.54, 1.807) is 0 Å². The molecular formula is C23H47NO3. The molecule has 0 aromatic rings. The molecule has 4 nitrogen and oxygen atoms in total. The minimum Gasteiger partial charge on any atom is -0.550 e. The molecule has 0 saturated heterocycles. The maximum atomic E-state index is 10.5. The van der Waals surface area contributed by atoms with Crippen LogP contribution in [0.4, 0.5) is 0 Å². The van der Waals surface area contributed by atoms with Crippen LogP contribution in [-0.4, -0.2) is 48.8 Å². The highest BCUT2D eigenvalue weighted by atomic mass is 16.4. The smallest absolute Gasteiger partial charge is 0.105 e. The summed E-state index contributed by atoms with van der Waals surface area (Å²) in [5.41, 5.74) is 0. The summed E-state index contributed by atoms with van der Waals surface area (Å²) >= 11 is 0. The largest absolute Gasteiger partial charge is 0.550 e. The van der Waals surface area contributed by atoms with Gasteiger partial charge in [0.1, 0.15) is 12.6 Å². The number of carbonyl (C=O) groups excluding carboxylic acids is 1. The van der Waals surface area contributed by atoms with E-state index in [1.165, 1.54) is 77.0 Å². The summed E-state index contributed by atoms with van der Waals surface area (Å²) in [5, 5.41) is 20.7. The van der Waals surface area contributed by atoms with Gasteiger partial charge >= 0.3 is 0 Å². The molecule has 4 heteroatoms. The van der Waals surface area contributed by atoms with Crippen molar-refractivity contribution in [3.63, 3.8) is 0 Å². The molecule has 0 fully saturated rings. The molecule has 0 aromatic heterocycles. The van der Waals surface area contributed by atoms with E-state index in [2.05, 4.69) is 21.0 Å². The molecule has 1 N–H and O–H groups in total. The highest BCUT2D eigenvalue weighted by Crippen LogP contribution is 2.14. The molecule has 27 heavy (non-hydrogen) atoms. The molecule has 0 bridgehead atoms. The molecule has 1 unspecified atom stereocenters. The number of nitrogens with zero attached hydrogens (tertiary/aromatic N) is 1. The first-order valence-corrected chi connectivity index (χ1v) is 11.6. The van der Waals surface area contributed by atoms with Crippen molar-refractivity contribution in [2.45, 2.75) is 116 Å². The Morgan fingerprint density at radius 1 is 0.815 bits per heavy atom. The SMILES string of the molecule is CCCCCCCCCCCCCCCC(O)C[N+](C)(C)CCCC(=O)[O-]. The van der Waals surface area contributed by atoms with Gasteiger partial charge in [0.05, 0.1) is 20.6 Å². The van der Waals surface area contributed by atoms with Crippen LogP contribution >= 0.6 is 0 Å². The first kappa shape index (κ1) is 26.4. The fraction of sp³-hybridized carbons (Fsp3) is 0.957. The van der Waals surface area contributed by atoms with Crippen LogP contribution in [-0.2, 0) is 4.79 Å². The summed E-state index contributed by atoms with van der Waals surface area (Å²) in [6.07, 6.45) is 18.8. The van der Waals surface area contributed by atoms with E-state index >= 15 is 0 Å². The molecule has 0 spiro atoms. The number of carboxylic acid groups (broad SMARTS) is 1. The van der Waals surface area contributed by atoms with Gasteiger partial charge in [-0.1, -0.05) is 90.4 Å². The number of likely N-dealkylation sites (N-methyl/N-ethyl adjacent to an activating group) is 1. The van der Waals surface area contributed by atoms with Crippen LogP contribution in [0.1, 0.15) is 110 Å². The molecule has 162 valence electrons. The second-order valence-corrected chi connectivity index (χ2v) is 9.00. The van der Waals surface area contributed by atoms with E-state index in [0.29, 0.717) is 17.4 Å². The zero-order valence-electron chi connectivity index (χ0n) is 18.5. The van der Waals surface area contributed by atoms with Crippen LogP contribution in [0, 0.1) is 0 Å². The fourth-order valence-corrected chi connectivity index (χ4v) is 3.80. The van der Waals surface area contributed by atoms with Gasteiger partial charge in [0.25, 0.3) is 0 Å². The Balaban J connectivity index is 3.42. The molecule has 0 saturated carbocycles. The predicted molar refractivity (Wildman–Crippen MR) is 112 cm³/mol. The van der Waals surface area contributed by atoms with Crippen LogP contribution in [0.5, 0.6) is 0 Å². The normalized spacial score (nSPS) is 13.0. The number of hydrogen-bond acceptors (Lipinski definition) is 3. The Hall–Kier alpha value is -0.610. The second kappa shape index (κ2) is 17.5. The predicted octanol–water partition coefficient (Wildman–Crippen LogP) is 4.44. The number of hydrogen-bond donors (Lipinski definition) is 1. The summed E-state index contributed by atoms with van der Waals surface area (Å²) < 4.78 is 0.674. The minimum absolute atomic E-state index is 0.108. The Bertz CT molecular complexity index is 345. The maximum Gasteiger partial charge on any atom is 0.105 e. The lowest BCUT2D eigenvalue weighted by molar-refractivity contribution is -0.893. The topological polar surface area (TPSA) is 60.4 Å². The standard InChI is InChI=1S/C23H47NO3/c1-4-5-6-7-8-9-10-11-12-13-14-15-16-18-22(25)21-24(2,3)20-17-19-23(26)27/h22,25H,4-21H2,1-3H3. The number of quaternary nitrogens is 1. The van der Waals surface area contributed by atoms with E-state index in [9.17, 15) is 15.0 Å². The van der Waals surface area contributed by atoms with Gasteiger partial charge in [0.2, 0.25) is 0 Å². The number of carboxylic acids is 1. The van der Waals surface area contributed by atoms with Gasteiger partial charge < -0.3 is 19.5 Å². The lowest BCUT2D eigenvalue weighted by atomic mass is 10.0. The minimum atomic E-state index is -0.984. The first-order chi connectivity index (χ1) is 12.9. The van der Waals surface area contributed by atoms with Gasteiger partial charge in [-0.15, -0.1) is 0 Å². The van der Waals surface area contributed by atoms with E-state index in [-0.39, 0.29) is 12.5 Å². The van der Waals surface area contributed by atoms with Gasteiger partial charge in [0.15, 0.2) is 0 Å². The third-order valence-corrected chi connectivity index (χ3v) is 5.49. The Labute approximate surface area is 168 Å². The summed E-state index contributed by atoms with van der Waals surface area (Å²) in [7, 11) is 4.12. The molecule has 0 radical (unpaired) electrons. The Morgan fingerprint density at radius 3 is 1.70 bits per heavy atom. The van der Waals surface area contributed by atoms with E-state index in [0.717, 1.165) is 19.4 Å². The number of rotatable bonds is 20. The zero-order chi connectivity index (χ0) is 20.4. The van der Waals surface area contributed by atoms with Crippen molar-refractivity contribution in [1.29, 1.82) is 0 Å². The van der Waals surface area contributed by atoms with Crippen LogP contribution in [0.25, 0.3) is 0 Å². The van der Waals surface area contributed by atoms with Crippen LogP contribution in [0.2, 0.25) is 0 Å². The van der Waals surface area contributed by atoms with E-state index in [1.807, 2.05) is 0 Å². The average molecular weight is 386 g/mol.